The van der Waals surface area contributed by atoms with E-state index in [1.165, 1.54) is 6.07 Å². The van der Waals surface area contributed by atoms with Crippen molar-refractivity contribution < 1.29 is 26.4 Å². The average Bonchev–Trinajstić information content (AvgIpc) is 3.12. The molecule has 1 fully saturated rings. The zero-order valence-corrected chi connectivity index (χ0v) is 20.8. The Labute approximate surface area is 202 Å². The standard InChI is InChI=1S/C22H27F3N6O3S/c1-13-8-14(2)12-30(11-13)19-16(9-26)18(22(23,24)25)28-31(19)17-7-6-15(10-27-17)35(33,34)29-20(32)21(3,4)5/h6-7,10,13-14H,8,11-12H2,1-5H3,(H,29,32). The molecule has 0 bridgehead atoms. The second kappa shape index (κ2) is 9.14. The van der Waals surface area contributed by atoms with Gasteiger partial charge in [-0.25, -0.2) is 18.1 Å². The third kappa shape index (κ3) is 5.58. The summed E-state index contributed by atoms with van der Waals surface area (Å²) in [5.41, 5.74) is -2.92. The fourth-order valence-corrected chi connectivity index (χ4v) is 5.10. The molecule has 9 nitrogen and oxygen atoms in total. The number of carbonyl (C=O) groups is 1. The van der Waals surface area contributed by atoms with Crippen LogP contribution in [0.4, 0.5) is 19.0 Å². The molecular formula is C22H27F3N6O3S. The molecule has 1 aliphatic rings. The van der Waals surface area contributed by atoms with Crippen molar-refractivity contribution in [2.75, 3.05) is 18.0 Å². The number of carbonyl (C=O) groups excluding carboxylic acids is 1. The molecule has 1 saturated heterocycles. The lowest BCUT2D eigenvalue weighted by Crippen LogP contribution is -2.40. The molecule has 190 valence electrons. The molecule has 2 atom stereocenters. The Morgan fingerprint density at radius 1 is 1.17 bits per heavy atom. The first kappa shape index (κ1) is 26.5. The second-order valence-electron chi connectivity index (χ2n) is 9.96. The number of amides is 1. The minimum absolute atomic E-state index is 0.0395. The summed E-state index contributed by atoms with van der Waals surface area (Å²) in [6, 6.07) is 3.95. The van der Waals surface area contributed by atoms with Crippen molar-refractivity contribution in [1.29, 1.82) is 5.26 Å². The van der Waals surface area contributed by atoms with Gasteiger partial charge in [-0.05, 0) is 30.4 Å². The Kier molecular flexibility index (Phi) is 6.91. The monoisotopic (exact) mass is 512 g/mol. The molecule has 2 unspecified atom stereocenters. The van der Waals surface area contributed by atoms with Crippen LogP contribution in [0.25, 0.3) is 5.82 Å². The van der Waals surface area contributed by atoms with E-state index < -0.39 is 38.8 Å². The number of halogens is 3. The highest BCUT2D eigenvalue weighted by molar-refractivity contribution is 7.90. The fourth-order valence-electron chi connectivity index (χ4n) is 3.99. The number of nitrogens with zero attached hydrogens (tertiary/aromatic N) is 5. The normalized spacial score (nSPS) is 19.3. The number of alkyl halides is 3. The highest BCUT2D eigenvalue weighted by Crippen LogP contribution is 2.38. The topological polar surface area (TPSA) is 121 Å². The maximum absolute atomic E-state index is 13.7. The van der Waals surface area contributed by atoms with Crippen LogP contribution in [-0.4, -0.2) is 42.2 Å². The van der Waals surface area contributed by atoms with Crippen molar-refractivity contribution in [2.24, 2.45) is 17.3 Å². The van der Waals surface area contributed by atoms with Gasteiger partial charge in [-0.1, -0.05) is 34.6 Å². The van der Waals surface area contributed by atoms with Crippen molar-refractivity contribution in [3.63, 3.8) is 0 Å². The fraction of sp³-hybridized carbons (Fsp3) is 0.545. The van der Waals surface area contributed by atoms with E-state index in [-0.39, 0.29) is 28.4 Å². The summed E-state index contributed by atoms with van der Waals surface area (Å²) in [6.45, 7) is 9.44. The van der Waals surface area contributed by atoms with Gasteiger partial charge in [-0.15, -0.1) is 0 Å². The molecule has 2 aromatic rings. The first-order chi connectivity index (χ1) is 16.0. The van der Waals surface area contributed by atoms with Crippen LogP contribution in [0.5, 0.6) is 0 Å². The summed E-state index contributed by atoms with van der Waals surface area (Å²) in [7, 11) is -4.25. The lowest BCUT2D eigenvalue weighted by atomic mass is 9.91. The van der Waals surface area contributed by atoms with Gasteiger partial charge in [-0.2, -0.15) is 28.2 Å². The van der Waals surface area contributed by atoms with E-state index in [9.17, 15) is 31.6 Å². The molecule has 0 saturated carbocycles. The molecule has 2 aromatic heterocycles. The first-order valence-corrected chi connectivity index (χ1v) is 12.4. The molecule has 1 aliphatic heterocycles. The third-order valence-electron chi connectivity index (χ3n) is 5.57. The zero-order chi connectivity index (χ0) is 26.3. The highest BCUT2D eigenvalue weighted by atomic mass is 32.2. The largest absolute Gasteiger partial charge is 0.436 e. The number of hydrogen-bond donors (Lipinski definition) is 1. The Morgan fingerprint density at radius 2 is 1.77 bits per heavy atom. The summed E-state index contributed by atoms with van der Waals surface area (Å²) in [6.07, 6.45) is -3.05. The van der Waals surface area contributed by atoms with Crippen LogP contribution in [0.3, 0.4) is 0 Å². The molecule has 13 heteroatoms. The predicted molar refractivity (Wildman–Crippen MR) is 121 cm³/mol. The summed E-state index contributed by atoms with van der Waals surface area (Å²) in [5.74, 6) is -0.510. The van der Waals surface area contributed by atoms with Gasteiger partial charge in [-0.3, -0.25) is 4.79 Å². The quantitative estimate of drug-likeness (QED) is 0.666. The lowest BCUT2D eigenvalue weighted by Gasteiger charge is -2.36. The minimum Gasteiger partial charge on any atom is -0.355 e. The minimum atomic E-state index is -4.88. The number of nitrogens with one attached hydrogen (secondary N) is 1. The zero-order valence-electron chi connectivity index (χ0n) is 20.0. The van der Waals surface area contributed by atoms with Gasteiger partial charge in [0.25, 0.3) is 10.0 Å². The van der Waals surface area contributed by atoms with Gasteiger partial charge in [0.15, 0.2) is 17.3 Å². The maximum atomic E-state index is 13.7. The van der Waals surface area contributed by atoms with Gasteiger partial charge >= 0.3 is 6.18 Å². The van der Waals surface area contributed by atoms with Crippen LogP contribution in [0, 0.1) is 28.6 Å². The molecule has 0 spiro atoms. The molecule has 1 N–H and O–H groups in total. The number of rotatable bonds is 4. The van der Waals surface area contributed by atoms with E-state index in [4.69, 9.17) is 0 Å². The number of anilines is 1. The third-order valence-corrected chi connectivity index (χ3v) is 6.88. The van der Waals surface area contributed by atoms with Crippen LogP contribution in [0.1, 0.15) is 52.3 Å². The van der Waals surface area contributed by atoms with E-state index >= 15 is 0 Å². The Hall–Kier alpha value is -3.14. The van der Waals surface area contributed by atoms with Crippen molar-refractivity contribution in [3.05, 3.63) is 29.6 Å². The number of hydrogen-bond acceptors (Lipinski definition) is 7. The van der Waals surface area contributed by atoms with E-state index in [1.807, 2.05) is 18.6 Å². The number of piperidine rings is 1. The van der Waals surface area contributed by atoms with Crippen LogP contribution < -0.4 is 9.62 Å². The van der Waals surface area contributed by atoms with Gasteiger partial charge in [0, 0.05) is 24.7 Å². The van der Waals surface area contributed by atoms with E-state index in [1.54, 1.807) is 31.7 Å². The van der Waals surface area contributed by atoms with E-state index in [0.717, 1.165) is 23.4 Å². The number of pyridine rings is 1. The SMILES string of the molecule is CC1CC(C)CN(c2c(C#N)c(C(F)(F)F)nn2-c2ccc(S(=O)(=O)NC(=O)C(C)(C)C)cn2)C1. The second-order valence-corrected chi connectivity index (χ2v) is 11.6. The average molecular weight is 513 g/mol. The Morgan fingerprint density at radius 3 is 2.23 bits per heavy atom. The number of nitriles is 1. The molecular weight excluding hydrogens is 485 g/mol. The Balaban J connectivity index is 2.09. The Bertz CT molecular complexity index is 1250. The van der Waals surface area contributed by atoms with Crippen molar-refractivity contribution in [1.82, 2.24) is 19.5 Å². The molecule has 3 rings (SSSR count). The number of aromatic nitrogens is 3. The molecule has 3 heterocycles. The lowest BCUT2D eigenvalue weighted by molar-refractivity contribution is -0.141. The predicted octanol–water partition coefficient (Wildman–Crippen LogP) is 3.49. The van der Waals surface area contributed by atoms with Gasteiger partial charge < -0.3 is 4.90 Å². The van der Waals surface area contributed by atoms with Crippen LogP contribution in [0.15, 0.2) is 23.2 Å². The number of sulfonamides is 1. The molecule has 1 amide bonds. The summed E-state index contributed by atoms with van der Waals surface area (Å²) in [5, 5.41) is 13.3. The van der Waals surface area contributed by atoms with Gasteiger partial charge in [0.05, 0.1) is 0 Å². The van der Waals surface area contributed by atoms with Crippen molar-refractivity contribution >= 4 is 21.7 Å². The van der Waals surface area contributed by atoms with Crippen molar-refractivity contribution in [3.8, 4) is 11.9 Å². The van der Waals surface area contributed by atoms with E-state index in [2.05, 4.69) is 10.1 Å². The first-order valence-electron chi connectivity index (χ1n) is 10.9. The van der Waals surface area contributed by atoms with Gasteiger partial charge in [0.1, 0.15) is 16.5 Å². The van der Waals surface area contributed by atoms with Crippen LogP contribution in [-0.2, 0) is 21.0 Å². The molecule has 0 aromatic carbocycles. The van der Waals surface area contributed by atoms with Gasteiger partial charge in [0.2, 0.25) is 5.91 Å². The van der Waals surface area contributed by atoms with E-state index in [0.29, 0.717) is 13.1 Å². The molecule has 0 radical (unpaired) electrons. The highest BCUT2D eigenvalue weighted by Gasteiger charge is 2.42. The molecule has 0 aliphatic carbocycles. The van der Waals surface area contributed by atoms with Crippen molar-refractivity contribution in [2.45, 2.75) is 52.1 Å². The summed E-state index contributed by atoms with van der Waals surface area (Å²) >= 11 is 0. The smallest absolute Gasteiger partial charge is 0.355 e. The maximum Gasteiger partial charge on any atom is 0.436 e. The summed E-state index contributed by atoms with van der Waals surface area (Å²) < 4.78 is 69.2. The van der Waals surface area contributed by atoms with Crippen LogP contribution >= 0.6 is 0 Å². The van der Waals surface area contributed by atoms with Crippen LogP contribution in [0.2, 0.25) is 0 Å². The molecule has 35 heavy (non-hydrogen) atoms. The summed E-state index contributed by atoms with van der Waals surface area (Å²) in [4.78, 5) is 17.5.